The van der Waals surface area contributed by atoms with E-state index in [9.17, 15) is 0 Å². The van der Waals surface area contributed by atoms with Crippen molar-refractivity contribution in [3.8, 4) is 5.75 Å². The van der Waals surface area contributed by atoms with Crippen LogP contribution in [0, 0.1) is 0 Å². The molecule has 1 aliphatic heterocycles. The molecule has 0 saturated carbocycles. The van der Waals surface area contributed by atoms with Gasteiger partial charge < -0.3 is 9.47 Å². The molecule has 2 nitrogen and oxygen atoms in total. The summed E-state index contributed by atoms with van der Waals surface area (Å²) in [6.45, 7) is 15.0. The maximum Gasteiger partial charge on any atom is 0.124 e. The summed E-state index contributed by atoms with van der Waals surface area (Å²) in [6, 6.07) is 6.61. The van der Waals surface area contributed by atoms with Gasteiger partial charge in [0.2, 0.25) is 0 Å². The Morgan fingerprint density at radius 2 is 1.95 bits per heavy atom. The van der Waals surface area contributed by atoms with E-state index in [1.165, 1.54) is 11.1 Å². The van der Waals surface area contributed by atoms with E-state index >= 15 is 0 Å². The Hall–Kier alpha value is -1.02. The van der Waals surface area contributed by atoms with E-state index in [4.69, 9.17) is 9.47 Å². The minimum atomic E-state index is -0.103. The van der Waals surface area contributed by atoms with Crippen LogP contribution in [0.3, 0.4) is 0 Å². The summed E-state index contributed by atoms with van der Waals surface area (Å²) in [7, 11) is 0. The lowest BCUT2D eigenvalue weighted by atomic mass is 9.88. The number of fused-ring (bicyclic) bond motifs is 1. The van der Waals surface area contributed by atoms with E-state index in [2.05, 4.69) is 66.7 Å². The lowest BCUT2D eigenvalue weighted by Crippen LogP contribution is -2.28. The molecule has 1 heterocycles. The number of hydrogen-bond acceptors (Lipinski definition) is 2. The second kappa shape index (κ2) is 5.07. The molecule has 2 heteroatoms. The predicted octanol–water partition coefficient (Wildman–Crippen LogP) is 4.71. The molecule has 0 spiro atoms. The van der Waals surface area contributed by atoms with Gasteiger partial charge in [-0.05, 0) is 59.6 Å². The summed E-state index contributed by atoms with van der Waals surface area (Å²) >= 11 is 0. The van der Waals surface area contributed by atoms with Gasteiger partial charge in [-0.3, -0.25) is 0 Å². The minimum Gasteiger partial charge on any atom is -0.487 e. The molecule has 1 aromatic carbocycles. The van der Waals surface area contributed by atoms with Gasteiger partial charge in [0, 0.05) is 11.5 Å². The van der Waals surface area contributed by atoms with E-state index in [0.717, 1.165) is 12.2 Å². The standard InChI is InChI=1S/C18H28O2/c1-12(19-17(3,4)5)10-14-8-9-15-13(2)18(6,7)20-16(15)11-14/h8-9,11-13H,10H2,1-7H3. The topological polar surface area (TPSA) is 18.5 Å². The van der Waals surface area contributed by atoms with Gasteiger partial charge in [-0.15, -0.1) is 0 Å². The highest BCUT2D eigenvalue weighted by molar-refractivity contribution is 5.45. The lowest BCUT2D eigenvalue weighted by Gasteiger charge is -2.25. The summed E-state index contributed by atoms with van der Waals surface area (Å²) in [4.78, 5) is 0. The van der Waals surface area contributed by atoms with Gasteiger partial charge >= 0.3 is 0 Å². The smallest absolute Gasteiger partial charge is 0.124 e. The highest BCUT2D eigenvalue weighted by atomic mass is 16.5. The summed E-state index contributed by atoms with van der Waals surface area (Å²) in [5, 5.41) is 0. The summed E-state index contributed by atoms with van der Waals surface area (Å²) in [5.41, 5.74) is 2.41. The van der Waals surface area contributed by atoms with Gasteiger partial charge in [0.25, 0.3) is 0 Å². The molecule has 0 saturated heterocycles. The number of benzene rings is 1. The van der Waals surface area contributed by atoms with Gasteiger partial charge in [0.15, 0.2) is 0 Å². The first kappa shape index (κ1) is 15.4. The van der Waals surface area contributed by atoms with Crippen molar-refractivity contribution in [2.75, 3.05) is 0 Å². The Morgan fingerprint density at radius 1 is 1.30 bits per heavy atom. The minimum absolute atomic E-state index is 0.0941. The third-order valence-electron chi connectivity index (χ3n) is 4.04. The molecule has 2 unspecified atom stereocenters. The van der Waals surface area contributed by atoms with Crippen LogP contribution in [0.5, 0.6) is 5.75 Å². The van der Waals surface area contributed by atoms with Crippen molar-refractivity contribution in [2.45, 2.75) is 78.1 Å². The molecule has 0 amide bonds. The zero-order valence-corrected chi connectivity index (χ0v) is 13.9. The maximum absolute atomic E-state index is 6.09. The van der Waals surface area contributed by atoms with Crippen molar-refractivity contribution in [2.24, 2.45) is 0 Å². The molecule has 0 fully saturated rings. The molecule has 0 bridgehead atoms. The van der Waals surface area contributed by atoms with E-state index < -0.39 is 0 Å². The predicted molar refractivity (Wildman–Crippen MR) is 83.6 cm³/mol. The Balaban J connectivity index is 2.10. The van der Waals surface area contributed by atoms with Gasteiger partial charge in [-0.2, -0.15) is 0 Å². The van der Waals surface area contributed by atoms with Crippen LogP contribution in [-0.4, -0.2) is 17.3 Å². The average molecular weight is 276 g/mol. The van der Waals surface area contributed by atoms with Gasteiger partial charge in [-0.1, -0.05) is 19.1 Å². The van der Waals surface area contributed by atoms with Crippen molar-refractivity contribution in [1.29, 1.82) is 0 Å². The molecule has 0 N–H and O–H groups in total. The number of hydrogen-bond donors (Lipinski definition) is 0. The fourth-order valence-electron chi connectivity index (χ4n) is 2.88. The molecule has 1 aliphatic rings. The Kier molecular flexibility index (Phi) is 3.90. The first-order valence-electron chi connectivity index (χ1n) is 7.58. The van der Waals surface area contributed by atoms with Crippen molar-refractivity contribution in [1.82, 2.24) is 0 Å². The molecule has 1 aromatic rings. The zero-order chi connectivity index (χ0) is 15.1. The van der Waals surface area contributed by atoms with Gasteiger partial charge in [-0.25, -0.2) is 0 Å². The van der Waals surface area contributed by atoms with Gasteiger partial charge in [0.1, 0.15) is 11.4 Å². The number of rotatable bonds is 3. The van der Waals surface area contributed by atoms with Crippen LogP contribution in [0.4, 0.5) is 0 Å². The van der Waals surface area contributed by atoms with Gasteiger partial charge in [0.05, 0.1) is 11.7 Å². The molecule has 20 heavy (non-hydrogen) atoms. The van der Waals surface area contributed by atoms with Crippen LogP contribution in [0.2, 0.25) is 0 Å². The Morgan fingerprint density at radius 3 is 2.55 bits per heavy atom. The van der Waals surface area contributed by atoms with E-state index in [0.29, 0.717) is 5.92 Å². The van der Waals surface area contributed by atoms with E-state index in [1.54, 1.807) is 0 Å². The van der Waals surface area contributed by atoms with Crippen LogP contribution in [0.15, 0.2) is 18.2 Å². The fraction of sp³-hybridized carbons (Fsp3) is 0.667. The fourth-order valence-corrected chi connectivity index (χ4v) is 2.88. The summed E-state index contributed by atoms with van der Waals surface area (Å²) in [5.74, 6) is 1.48. The summed E-state index contributed by atoms with van der Waals surface area (Å²) < 4.78 is 12.1. The first-order chi connectivity index (χ1) is 9.08. The molecule has 0 radical (unpaired) electrons. The monoisotopic (exact) mass is 276 g/mol. The third-order valence-corrected chi connectivity index (χ3v) is 4.04. The van der Waals surface area contributed by atoms with Crippen LogP contribution in [0.25, 0.3) is 0 Å². The zero-order valence-electron chi connectivity index (χ0n) is 13.9. The highest BCUT2D eigenvalue weighted by Crippen LogP contribution is 2.44. The Labute approximate surface area is 123 Å². The second-order valence-electron chi connectivity index (χ2n) is 7.54. The quantitative estimate of drug-likeness (QED) is 0.796. The maximum atomic E-state index is 6.09. The lowest BCUT2D eigenvalue weighted by molar-refractivity contribution is -0.0504. The van der Waals surface area contributed by atoms with Crippen molar-refractivity contribution in [3.63, 3.8) is 0 Å². The van der Waals surface area contributed by atoms with Crippen molar-refractivity contribution < 1.29 is 9.47 Å². The second-order valence-corrected chi connectivity index (χ2v) is 7.54. The van der Waals surface area contributed by atoms with Crippen molar-refractivity contribution >= 4 is 0 Å². The van der Waals surface area contributed by atoms with Crippen LogP contribution < -0.4 is 4.74 Å². The highest BCUT2D eigenvalue weighted by Gasteiger charge is 2.37. The summed E-state index contributed by atoms with van der Waals surface area (Å²) in [6.07, 6.45) is 1.13. The Bertz CT molecular complexity index is 483. The molecular weight excluding hydrogens is 248 g/mol. The SMILES string of the molecule is CC(Cc1ccc2c(c1)OC(C)(C)C2C)OC(C)(C)C. The van der Waals surface area contributed by atoms with E-state index in [1.807, 2.05) is 0 Å². The third kappa shape index (κ3) is 3.35. The molecule has 2 rings (SSSR count). The van der Waals surface area contributed by atoms with Crippen LogP contribution in [-0.2, 0) is 11.2 Å². The molecule has 112 valence electrons. The van der Waals surface area contributed by atoms with E-state index in [-0.39, 0.29) is 17.3 Å². The molecular formula is C18H28O2. The normalized spacial score (nSPS) is 22.2. The number of ether oxygens (including phenoxy) is 2. The van der Waals surface area contributed by atoms with Crippen LogP contribution >= 0.6 is 0 Å². The largest absolute Gasteiger partial charge is 0.487 e. The van der Waals surface area contributed by atoms with Crippen LogP contribution in [0.1, 0.15) is 65.5 Å². The first-order valence-corrected chi connectivity index (χ1v) is 7.58. The van der Waals surface area contributed by atoms with Crippen molar-refractivity contribution in [3.05, 3.63) is 29.3 Å². The molecule has 0 aliphatic carbocycles. The average Bonchev–Trinajstić information content (AvgIpc) is 2.46. The molecule has 2 atom stereocenters. The molecule has 0 aromatic heterocycles.